The summed E-state index contributed by atoms with van der Waals surface area (Å²) in [6.07, 6.45) is 5.13. The molecular formula is C8H17N2O+. The largest absolute Gasteiger partial charge is 0.357 e. The molecule has 0 aromatic carbocycles. The molecule has 3 nitrogen and oxygen atoms in total. The van der Waals surface area contributed by atoms with Crippen LogP contribution in [-0.4, -0.2) is 18.5 Å². The molecule has 0 aliphatic carbocycles. The molecule has 0 radical (unpaired) electrons. The lowest BCUT2D eigenvalue weighted by Crippen LogP contribution is -2.52. The van der Waals surface area contributed by atoms with Gasteiger partial charge in [-0.15, -0.1) is 0 Å². The van der Waals surface area contributed by atoms with Gasteiger partial charge in [-0.05, 0) is 12.8 Å². The Bertz CT molecular complexity index is 136. The van der Waals surface area contributed by atoms with Crippen molar-refractivity contribution in [2.75, 3.05) is 6.54 Å². The number of carbonyl (C=O) groups excluding carboxylic acids is 1. The van der Waals surface area contributed by atoms with Crippen LogP contribution in [0.4, 0.5) is 0 Å². The van der Waals surface area contributed by atoms with E-state index < -0.39 is 0 Å². The van der Waals surface area contributed by atoms with Crippen LogP contribution in [0.5, 0.6) is 0 Å². The van der Waals surface area contributed by atoms with Gasteiger partial charge >= 0.3 is 0 Å². The molecule has 1 rings (SSSR count). The van der Waals surface area contributed by atoms with Crippen LogP contribution in [0.1, 0.15) is 32.1 Å². The highest BCUT2D eigenvalue weighted by Gasteiger charge is 2.15. The molecule has 0 aromatic rings. The lowest BCUT2D eigenvalue weighted by atomic mass is 10.1. The third-order valence-corrected chi connectivity index (χ3v) is 2.12. The molecule has 1 aliphatic rings. The fraction of sp³-hybridized carbons (Fsp3) is 0.875. The molecule has 64 valence electrons. The zero-order valence-corrected chi connectivity index (χ0v) is 6.94. The Kier molecular flexibility index (Phi) is 3.36. The summed E-state index contributed by atoms with van der Waals surface area (Å²) in [4.78, 5) is 11.0. The summed E-state index contributed by atoms with van der Waals surface area (Å²) < 4.78 is 0. The zero-order chi connectivity index (χ0) is 8.10. The molecule has 11 heavy (non-hydrogen) atoms. The summed E-state index contributed by atoms with van der Waals surface area (Å²) in [6, 6.07) is 0.405. The van der Waals surface area contributed by atoms with E-state index in [1.54, 1.807) is 0 Å². The molecule has 0 unspecified atom stereocenters. The topological polar surface area (TPSA) is 56.7 Å². The average Bonchev–Trinajstić information content (AvgIpc) is 2.15. The van der Waals surface area contributed by atoms with E-state index in [0.717, 1.165) is 25.8 Å². The van der Waals surface area contributed by atoms with Crippen molar-refractivity contribution in [3.05, 3.63) is 0 Å². The summed E-state index contributed by atoms with van der Waals surface area (Å²) in [5.41, 5.74) is 3.78. The molecule has 0 aromatic heterocycles. The van der Waals surface area contributed by atoms with Crippen LogP contribution < -0.4 is 11.1 Å². The van der Waals surface area contributed by atoms with Gasteiger partial charge in [-0.25, -0.2) is 0 Å². The Balaban J connectivity index is 2.33. The highest BCUT2D eigenvalue weighted by Crippen LogP contribution is 2.10. The van der Waals surface area contributed by atoms with Gasteiger partial charge in [0.25, 0.3) is 0 Å². The Labute approximate surface area is 67.3 Å². The van der Waals surface area contributed by atoms with Crippen molar-refractivity contribution in [3.63, 3.8) is 0 Å². The minimum Gasteiger partial charge on any atom is -0.357 e. The summed E-state index contributed by atoms with van der Waals surface area (Å²) in [5, 5.41) is 3.00. The Hall–Kier alpha value is -0.570. The molecule has 1 aliphatic heterocycles. The predicted octanol–water partition coefficient (Wildman–Crippen LogP) is -0.323. The fourth-order valence-electron chi connectivity index (χ4n) is 1.51. The van der Waals surface area contributed by atoms with Crippen molar-refractivity contribution in [2.24, 2.45) is 0 Å². The summed E-state index contributed by atoms with van der Waals surface area (Å²) >= 11 is 0. The minimum absolute atomic E-state index is 0.223. The first-order chi connectivity index (χ1) is 5.33. The number of amides is 1. The number of nitrogens with one attached hydrogen (secondary N) is 1. The molecule has 1 atom stereocenters. The van der Waals surface area contributed by atoms with Crippen LogP contribution in [0.15, 0.2) is 0 Å². The smallest absolute Gasteiger partial charge is 0.220 e. The minimum atomic E-state index is 0.223. The van der Waals surface area contributed by atoms with Gasteiger partial charge in [0.2, 0.25) is 5.91 Å². The van der Waals surface area contributed by atoms with Crippen molar-refractivity contribution < 1.29 is 10.5 Å². The van der Waals surface area contributed by atoms with Gasteiger partial charge in [0.05, 0.1) is 6.54 Å². The second-order valence-corrected chi connectivity index (χ2v) is 3.15. The Morgan fingerprint density at radius 3 is 3.09 bits per heavy atom. The zero-order valence-electron chi connectivity index (χ0n) is 6.94. The van der Waals surface area contributed by atoms with Gasteiger partial charge in [-0.2, -0.15) is 0 Å². The monoisotopic (exact) mass is 157 g/mol. The molecule has 0 saturated carbocycles. The van der Waals surface area contributed by atoms with Gasteiger partial charge in [-0.1, -0.05) is 6.42 Å². The van der Waals surface area contributed by atoms with Crippen LogP contribution >= 0.6 is 0 Å². The lowest BCUT2D eigenvalue weighted by Gasteiger charge is -2.12. The van der Waals surface area contributed by atoms with Crippen molar-refractivity contribution in [3.8, 4) is 0 Å². The third kappa shape index (κ3) is 2.89. The molecule has 4 N–H and O–H groups in total. The molecule has 0 bridgehead atoms. The maximum Gasteiger partial charge on any atom is 0.220 e. The molecule has 1 amide bonds. The first kappa shape index (κ1) is 8.53. The SMILES string of the molecule is [NH3+]CC[C@H]1CCCCC(=O)N1. The number of quaternary nitrogens is 1. The Morgan fingerprint density at radius 1 is 1.55 bits per heavy atom. The van der Waals surface area contributed by atoms with E-state index in [4.69, 9.17) is 0 Å². The highest BCUT2D eigenvalue weighted by atomic mass is 16.1. The van der Waals surface area contributed by atoms with Crippen LogP contribution in [0.3, 0.4) is 0 Å². The molecule has 3 heteroatoms. The fourth-order valence-corrected chi connectivity index (χ4v) is 1.51. The van der Waals surface area contributed by atoms with Gasteiger partial charge in [-0.3, -0.25) is 4.79 Å². The molecule has 0 spiro atoms. The summed E-state index contributed by atoms with van der Waals surface area (Å²) in [5.74, 6) is 0.223. The third-order valence-electron chi connectivity index (χ3n) is 2.12. The van der Waals surface area contributed by atoms with Gasteiger partial charge < -0.3 is 11.1 Å². The second-order valence-electron chi connectivity index (χ2n) is 3.15. The van der Waals surface area contributed by atoms with Crippen LogP contribution in [0.2, 0.25) is 0 Å². The number of hydrogen-bond donors (Lipinski definition) is 2. The maximum absolute atomic E-state index is 11.0. The second kappa shape index (κ2) is 4.34. The summed E-state index contributed by atoms with van der Waals surface area (Å²) in [6.45, 7) is 0.922. The standard InChI is InChI=1S/C8H16N2O/c9-6-5-7-3-1-2-4-8(11)10-7/h7H,1-6,9H2,(H,10,11)/p+1/t7-/m1/s1. The lowest BCUT2D eigenvalue weighted by molar-refractivity contribution is -0.369. The van der Waals surface area contributed by atoms with Crippen LogP contribution in [-0.2, 0) is 4.79 Å². The van der Waals surface area contributed by atoms with E-state index >= 15 is 0 Å². The van der Waals surface area contributed by atoms with Gasteiger partial charge in [0.1, 0.15) is 0 Å². The summed E-state index contributed by atoms with van der Waals surface area (Å²) in [7, 11) is 0. The van der Waals surface area contributed by atoms with Crippen molar-refractivity contribution in [1.29, 1.82) is 0 Å². The quantitative estimate of drug-likeness (QED) is 0.567. The molecular weight excluding hydrogens is 140 g/mol. The van der Waals surface area contributed by atoms with Crippen molar-refractivity contribution in [2.45, 2.75) is 38.1 Å². The van der Waals surface area contributed by atoms with E-state index in [-0.39, 0.29) is 5.91 Å². The van der Waals surface area contributed by atoms with Crippen LogP contribution in [0.25, 0.3) is 0 Å². The number of hydrogen-bond acceptors (Lipinski definition) is 1. The van der Waals surface area contributed by atoms with Gasteiger partial charge in [0, 0.05) is 18.9 Å². The molecule has 1 saturated heterocycles. The van der Waals surface area contributed by atoms with Crippen molar-refractivity contribution >= 4 is 5.91 Å². The van der Waals surface area contributed by atoms with E-state index in [2.05, 4.69) is 11.1 Å². The number of rotatable bonds is 2. The molecule has 1 heterocycles. The predicted molar refractivity (Wildman–Crippen MR) is 42.8 cm³/mol. The van der Waals surface area contributed by atoms with E-state index in [1.165, 1.54) is 6.42 Å². The normalized spacial score (nSPS) is 25.9. The van der Waals surface area contributed by atoms with Gasteiger partial charge in [0.15, 0.2) is 0 Å². The van der Waals surface area contributed by atoms with E-state index in [0.29, 0.717) is 12.5 Å². The first-order valence-corrected chi connectivity index (χ1v) is 4.41. The first-order valence-electron chi connectivity index (χ1n) is 4.41. The Morgan fingerprint density at radius 2 is 2.36 bits per heavy atom. The van der Waals surface area contributed by atoms with E-state index in [9.17, 15) is 4.79 Å². The van der Waals surface area contributed by atoms with Crippen molar-refractivity contribution in [1.82, 2.24) is 5.32 Å². The average molecular weight is 157 g/mol. The van der Waals surface area contributed by atoms with E-state index in [1.807, 2.05) is 0 Å². The maximum atomic E-state index is 11.0. The van der Waals surface area contributed by atoms with Crippen LogP contribution in [0, 0.1) is 0 Å². The molecule has 1 fully saturated rings. The number of carbonyl (C=O) groups is 1. The highest BCUT2D eigenvalue weighted by molar-refractivity contribution is 5.76.